The van der Waals surface area contributed by atoms with E-state index in [1.165, 1.54) is 43.1 Å². The average Bonchev–Trinajstić information content (AvgIpc) is 2.57. The molecule has 124 valence electrons. The quantitative estimate of drug-likeness (QED) is 0.687. The number of nitrogens with zero attached hydrogens (tertiary/aromatic N) is 2. The van der Waals surface area contributed by atoms with Gasteiger partial charge in [-0.2, -0.15) is 5.26 Å². The predicted octanol–water partition coefficient (Wildman–Crippen LogP) is 1.01. The van der Waals surface area contributed by atoms with Gasteiger partial charge >= 0.3 is 5.97 Å². The number of carbonyl (C=O) groups excluding carboxylic acids is 2. The van der Waals surface area contributed by atoms with Crippen LogP contribution in [0, 0.1) is 11.3 Å². The molecule has 1 aromatic carbocycles. The topological polar surface area (TPSA) is 105 Å². The van der Waals surface area contributed by atoms with E-state index in [0.717, 1.165) is 0 Å². The van der Waals surface area contributed by atoms with Gasteiger partial charge in [0.2, 0.25) is 0 Å². The van der Waals surface area contributed by atoms with Crippen LogP contribution in [0.4, 0.5) is 0 Å². The monoisotopic (exact) mass is 338 g/mol. The van der Waals surface area contributed by atoms with Crippen LogP contribution in [0.3, 0.4) is 0 Å². The Bertz CT molecular complexity index is 722. The number of rotatable bonds is 7. The predicted molar refractivity (Wildman–Crippen MR) is 82.3 cm³/mol. The summed E-state index contributed by atoms with van der Waals surface area (Å²) in [6.45, 7) is 1.19. The molecule has 0 fully saturated rings. The van der Waals surface area contributed by atoms with E-state index < -0.39 is 28.3 Å². The summed E-state index contributed by atoms with van der Waals surface area (Å²) in [7, 11) is -2.08. The molecule has 1 aromatic rings. The summed E-state index contributed by atoms with van der Waals surface area (Å²) in [5.74, 6) is -1.49. The molecule has 0 atom stereocenters. The Labute approximate surface area is 135 Å². The van der Waals surface area contributed by atoms with Gasteiger partial charge in [-0.1, -0.05) is 19.1 Å². The highest BCUT2D eigenvalue weighted by Gasteiger charge is 2.22. The highest BCUT2D eigenvalue weighted by Crippen LogP contribution is 2.18. The highest BCUT2D eigenvalue weighted by molar-refractivity contribution is 7.91. The molecular weight excluding hydrogens is 320 g/mol. The first kappa shape index (κ1) is 18.6. The standard InChI is InChI=1S/C15H18N2O5S/c1-3-23(20,21)13-8-5-4-7-12(13)15(19)22-11-14(18)17(2)10-6-9-16/h4-5,7-8H,3,6,10-11H2,1-2H3. The second-order valence-corrected chi connectivity index (χ2v) is 6.95. The molecule has 7 nitrogen and oxygen atoms in total. The van der Waals surface area contributed by atoms with Gasteiger partial charge in [-0.25, -0.2) is 13.2 Å². The number of esters is 1. The second-order valence-electron chi connectivity index (χ2n) is 4.70. The number of sulfone groups is 1. The van der Waals surface area contributed by atoms with Gasteiger partial charge in [0.15, 0.2) is 16.4 Å². The lowest BCUT2D eigenvalue weighted by Gasteiger charge is -2.15. The molecule has 0 heterocycles. The van der Waals surface area contributed by atoms with Crippen molar-refractivity contribution in [2.75, 3.05) is 26.0 Å². The second kappa shape index (κ2) is 8.29. The lowest BCUT2D eigenvalue weighted by Crippen LogP contribution is -2.32. The van der Waals surface area contributed by atoms with Crippen molar-refractivity contribution in [2.45, 2.75) is 18.2 Å². The molecule has 0 N–H and O–H groups in total. The van der Waals surface area contributed by atoms with E-state index in [2.05, 4.69) is 0 Å². The molecular formula is C15H18N2O5S. The Balaban J connectivity index is 2.81. The van der Waals surface area contributed by atoms with Crippen LogP contribution >= 0.6 is 0 Å². The van der Waals surface area contributed by atoms with E-state index in [9.17, 15) is 18.0 Å². The van der Waals surface area contributed by atoms with Crippen LogP contribution in [-0.4, -0.2) is 51.1 Å². The third-order valence-electron chi connectivity index (χ3n) is 3.13. The lowest BCUT2D eigenvalue weighted by molar-refractivity contribution is -0.133. The molecule has 0 radical (unpaired) electrons. The molecule has 0 aromatic heterocycles. The van der Waals surface area contributed by atoms with E-state index in [1.54, 1.807) is 0 Å². The van der Waals surface area contributed by atoms with E-state index >= 15 is 0 Å². The number of benzene rings is 1. The Hall–Kier alpha value is -2.40. The fourth-order valence-corrected chi connectivity index (χ4v) is 2.80. The molecule has 0 aliphatic heterocycles. The summed E-state index contributed by atoms with van der Waals surface area (Å²) >= 11 is 0. The zero-order valence-electron chi connectivity index (χ0n) is 13.0. The van der Waals surface area contributed by atoms with Gasteiger partial charge in [-0.05, 0) is 12.1 Å². The smallest absolute Gasteiger partial charge is 0.339 e. The molecule has 8 heteroatoms. The maximum absolute atomic E-state index is 12.1. The summed E-state index contributed by atoms with van der Waals surface area (Å²) in [5, 5.41) is 8.46. The summed E-state index contributed by atoms with van der Waals surface area (Å²) in [6, 6.07) is 7.61. The summed E-state index contributed by atoms with van der Waals surface area (Å²) in [5.41, 5.74) is -0.0955. The molecule has 0 bridgehead atoms. The van der Waals surface area contributed by atoms with Crippen LogP contribution < -0.4 is 0 Å². The zero-order chi connectivity index (χ0) is 17.5. The number of likely N-dealkylation sites (N-methyl/N-ethyl adjacent to an activating group) is 1. The summed E-state index contributed by atoms with van der Waals surface area (Å²) in [6.07, 6.45) is 0.174. The summed E-state index contributed by atoms with van der Waals surface area (Å²) in [4.78, 5) is 25.0. The molecule has 0 spiro atoms. The minimum atomic E-state index is -3.57. The minimum Gasteiger partial charge on any atom is -0.452 e. The van der Waals surface area contributed by atoms with Crippen molar-refractivity contribution in [1.29, 1.82) is 5.26 Å². The van der Waals surface area contributed by atoms with Gasteiger partial charge in [-0.3, -0.25) is 4.79 Å². The normalized spacial score (nSPS) is 10.7. The van der Waals surface area contributed by atoms with Gasteiger partial charge in [0.25, 0.3) is 5.91 Å². The van der Waals surface area contributed by atoms with Gasteiger partial charge in [0.1, 0.15) is 0 Å². The SMILES string of the molecule is CCS(=O)(=O)c1ccccc1C(=O)OCC(=O)N(C)CCC#N. The Morgan fingerprint density at radius 2 is 1.96 bits per heavy atom. The molecule has 23 heavy (non-hydrogen) atoms. The molecule has 0 saturated carbocycles. The minimum absolute atomic E-state index is 0.0955. The molecule has 0 aliphatic rings. The number of carbonyl (C=O) groups is 2. The Morgan fingerprint density at radius 3 is 2.57 bits per heavy atom. The van der Waals surface area contributed by atoms with Crippen LogP contribution in [-0.2, 0) is 19.4 Å². The lowest BCUT2D eigenvalue weighted by atomic mass is 10.2. The maximum atomic E-state index is 12.1. The maximum Gasteiger partial charge on any atom is 0.339 e. The first-order valence-corrected chi connectivity index (χ1v) is 8.58. The van der Waals surface area contributed by atoms with Crippen molar-refractivity contribution in [2.24, 2.45) is 0 Å². The van der Waals surface area contributed by atoms with Gasteiger partial charge in [0, 0.05) is 13.6 Å². The van der Waals surface area contributed by atoms with Crippen molar-refractivity contribution in [3.63, 3.8) is 0 Å². The number of nitriles is 1. The van der Waals surface area contributed by atoms with Crippen molar-refractivity contribution in [1.82, 2.24) is 4.90 Å². The third-order valence-corrected chi connectivity index (χ3v) is 4.92. The van der Waals surface area contributed by atoms with Gasteiger partial charge in [-0.15, -0.1) is 0 Å². The van der Waals surface area contributed by atoms with E-state index in [1.807, 2.05) is 6.07 Å². The van der Waals surface area contributed by atoms with Crippen molar-refractivity contribution < 1.29 is 22.7 Å². The fraction of sp³-hybridized carbons (Fsp3) is 0.400. The zero-order valence-corrected chi connectivity index (χ0v) is 13.8. The Morgan fingerprint density at radius 1 is 1.30 bits per heavy atom. The van der Waals surface area contributed by atoms with E-state index in [4.69, 9.17) is 10.00 Å². The van der Waals surface area contributed by atoms with Gasteiger partial charge < -0.3 is 9.64 Å². The van der Waals surface area contributed by atoms with Crippen LogP contribution in [0.2, 0.25) is 0 Å². The van der Waals surface area contributed by atoms with Crippen LogP contribution in [0.15, 0.2) is 29.2 Å². The number of hydrogen-bond donors (Lipinski definition) is 0. The number of ether oxygens (including phenoxy) is 1. The van der Waals surface area contributed by atoms with Crippen LogP contribution in [0.1, 0.15) is 23.7 Å². The number of hydrogen-bond acceptors (Lipinski definition) is 6. The number of amides is 1. The largest absolute Gasteiger partial charge is 0.452 e. The first-order valence-electron chi connectivity index (χ1n) is 6.93. The van der Waals surface area contributed by atoms with Crippen molar-refractivity contribution >= 4 is 21.7 Å². The molecule has 0 aliphatic carbocycles. The Kier molecular flexibility index (Phi) is 6.72. The van der Waals surface area contributed by atoms with E-state index in [0.29, 0.717) is 0 Å². The average molecular weight is 338 g/mol. The summed E-state index contributed by atoms with van der Waals surface area (Å²) < 4.78 is 28.8. The molecule has 1 rings (SSSR count). The molecule has 0 saturated heterocycles. The van der Waals surface area contributed by atoms with E-state index in [-0.39, 0.29) is 29.2 Å². The van der Waals surface area contributed by atoms with Crippen molar-refractivity contribution in [3.05, 3.63) is 29.8 Å². The molecule has 1 amide bonds. The molecule has 0 unspecified atom stereocenters. The van der Waals surface area contributed by atoms with Gasteiger partial charge in [0.05, 0.1) is 28.7 Å². The fourth-order valence-electron chi connectivity index (χ4n) is 1.72. The third kappa shape index (κ3) is 5.07. The first-order chi connectivity index (χ1) is 10.8. The van der Waals surface area contributed by atoms with Crippen LogP contribution in [0.25, 0.3) is 0 Å². The van der Waals surface area contributed by atoms with Crippen LogP contribution in [0.5, 0.6) is 0 Å². The highest BCUT2D eigenvalue weighted by atomic mass is 32.2. The van der Waals surface area contributed by atoms with Crippen molar-refractivity contribution in [3.8, 4) is 6.07 Å².